The molecule has 0 spiro atoms. The van der Waals surface area contributed by atoms with E-state index in [0.29, 0.717) is 12.1 Å². The Hall–Kier alpha value is -2.96. The molecule has 0 radical (unpaired) electrons. The van der Waals surface area contributed by atoms with Crippen molar-refractivity contribution in [3.63, 3.8) is 0 Å². The van der Waals surface area contributed by atoms with E-state index < -0.39 is 0 Å². The number of nitrogens with one attached hydrogen (secondary N) is 1. The zero-order valence-electron chi connectivity index (χ0n) is 16.2. The van der Waals surface area contributed by atoms with Gasteiger partial charge in [-0.3, -0.25) is 14.6 Å². The van der Waals surface area contributed by atoms with Gasteiger partial charge in [0.1, 0.15) is 5.82 Å². The third-order valence-corrected chi connectivity index (χ3v) is 5.44. The van der Waals surface area contributed by atoms with Gasteiger partial charge >= 0.3 is 0 Å². The summed E-state index contributed by atoms with van der Waals surface area (Å²) in [5.41, 5.74) is 4.33. The topological polar surface area (TPSA) is 66.8 Å². The van der Waals surface area contributed by atoms with Crippen molar-refractivity contribution in [1.82, 2.24) is 24.9 Å². The predicted octanol–water partition coefficient (Wildman–Crippen LogP) is 3.76. The van der Waals surface area contributed by atoms with Gasteiger partial charge < -0.3 is 4.90 Å². The first-order chi connectivity index (χ1) is 13.6. The molecule has 1 saturated heterocycles. The fraction of sp³-hybridized carbons (Fsp3) is 0.381. The van der Waals surface area contributed by atoms with Gasteiger partial charge in [-0.15, -0.1) is 0 Å². The molecular formula is C21H24FN5O. The van der Waals surface area contributed by atoms with Crippen LogP contribution in [0.1, 0.15) is 47.4 Å². The number of aromatic nitrogens is 4. The molecule has 2 aromatic heterocycles. The Morgan fingerprint density at radius 1 is 1.32 bits per heavy atom. The number of H-pyrrole nitrogens is 1. The highest BCUT2D eigenvalue weighted by molar-refractivity contribution is 5.95. The van der Waals surface area contributed by atoms with Crippen molar-refractivity contribution >= 4 is 5.91 Å². The van der Waals surface area contributed by atoms with E-state index in [1.54, 1.807) is 23.0 Å². The van der Waals surface area contributed by atoms with Crippen LogP contribution in [0.3, 0.4) is 0 Å². The van der Waals surface area contributed by atoms with Gasteiger partial charge in [0.2, 0.25) is 0 Å². The molecule has 0 unspecified atom stereocenters. The molecule has 1 fully saturated rings. The van der Waals surface area contributed by atoms with Gasteiger partial charge in [0.15, 0.2) is 0 Å². The van der Waals surface area contributed by atoms with Crippen LogP contribution in [-0.4, -0.2) is 43.9 Å². The van der Waals surface area contributed by atoms with E-state index in [0.717, 1.165) is 48.4 Å². The van der Waals surface area contributed by atoms with Crippen molar-refractivity contribution in [1.29, 1.82) is 0 Å². The standard InChI is InChI=1S/C21H24FN5O/c1-3-27-13-19(14(2)25-27)21(28)26-10-4-5-16(12-26)20-18(11-23-24-20)15-6-8-17(22)9-7-15/h6-9,11,13,16H,3-5,10,12H2,1-2H3,(H,23,24)/t16-/m1/s1. The molecule has 28 heavy (non-hydrogen) atoms. The van der Waals surface area contributed by atoms with E-state index in [4.69, 9.17) is 0 Å². The summed E-state index contributed by atoms with van der Waals surface area (Å²) in [6.45, 7) is 6.00. The summed E-state index contributed by atoms with van der Waals surface area (Å²) in [7, 11) is 0. The van der Waals surface area contributed by atoms with Gasteiger partial charge in [-0.2, -0.15) is 10.2 Å². The number of rotatable bonds is 4. The van der Waals surface area contributed by atoms with Crippen molar-refractivity contribution in [3.05, 3.63) is 59.4 Å². The SMILES string of the molecule is CCn1cc(C(=O)N2CCC[C@@H](c3[nH]ncc3-c3ccc(F)cc3)C2)c(C)n1. The maximum atomic E-state index is 13.3. The molecule has 0 bridgehead atoms. The molecule has 1 N–H and O–H groups in total. The van der Waals surface area contributed by atoms with Crippen LogP contribution < -0.4 is 0 Å². The monoisotopic (exact) mass is 381 g/mol. The highest BCUT2D eigenvalue weighted by Crippen LogP contribution is 2.33. The van der Waals surface area contributed by atoms with Crippen LogP contribution in [0.4, 0.5) is 4.39 Å². The highest BCUT2D eigenvalue weighted by atomic mass is 19.1. The van der Waals surface area contributed by atoms with Gasteiger partial charge in [-0.05, 0) is 44.4 Å². The molecule has 6 nitrogen and oxygen atoms in total. The van der Waals surface area contributed by atoms with Crippen molar-refractivity contribution in [2.24, 2.45) is 0 Å². The molecule has 1 aliphatic heterocycles. The van der Waals surface area contributed by atoms with Crippen LogP contribution >= 0.6 is 0 Å². The lowest BCUT2D eigenvalue weighted by molar-refractivity contribution is 0.0705. The van der Waals surface area contributed by atoms with Crippen molar-refractivity contribution < 1.29 is 9.18 Å². The molecule has 1 aromatic carbocycles. The minimum absolute atomic E-state index is 0.0322. The largest absolute Gasteiger partial charge is 0.338 e. The predicted molar refractivity (Wildman–Crippen MR) is 104 cm³/mol. The Bertz CT molecular complexity index is 975. The van der Waals surface area contributed by atoms with E-state index in [9.17, 15) is 9.18 Å². The van der Waals surface area contributed by atoms with E-state index in [2.05, 4.69) is 15.3 Å². The number of hydrogen-bond acceptors (Lipinski definition) is 3. The molecule has 146 valence electrons. The number of benzene rings is 1. The molecule has 4 rings (SSSR count). The molecule has 1 aliphatic rings. The minimum atomic E-state index is -0.258. The van der Waals surface area contributed by atoms with Crippen molar-refractivity contribution in [3.8, 4) is 11.1 Å². The van der Waals surface area contributed by atoms with Gasteiger partial charge in [0, 0.05) is 43.0 Å². The van der Waals surface area contributed by atoms with E-state index >= 15 is 0 Å². The van der Waals surface area contributed by atoms with Crippen LogP contribution in [0.25, 0.3) is 11.1 Å². The average molecular weight is 381 g/mol. The molecular weight excluding hydrogens is 357 g/mol. The van der Waals surface area contributed by atoms with E-state index in [1.165, 1.54) is 12.1 Å². The van der Waals surface area contributed by atoms with Gasteiger partial charge in [0.25, 0.3) is 5.91 Å². The Labute approximate surface area is 163 Å². The minimum Gasteiger partial charge on any atom is -0.338 e. The van der Waals surface area contributed by atoms with E-state index in [1.807, 2.05) is 24.9 Å². The molecule has 0 saturated carbocycles. The lowest BCUT2D eigenvalue weighted by atomic mass is 9.90. The van der Waals surface area contributed by atoms with Gasteiger partial charge in [-0.1, -0.05) is 12.1 Å². The summed E-state index contributed by atoms with van der Waals surface area (Å²) < 4.78 is 15.1. The number of piperidine rings is 1. The number of hydrogen-bond donors (Lipinski definition) is 1. The van der Waals surface area contributed by atoms with Crippen LogP contribution in [0.2, 0.25) is 0 Å². The lowest BCUT2D eigenvalue weighted by Gasteiger charge is -2.32. The number of carbonyl (C=O) groups excluding carboxylic acids is 1. The van der Waals surface area contributed by atoms with Crippen molar-refractivity contribution in [2.75, 3.05) is 13.1 Å². The summed E-state index contributed by atoms with van der Waals surface area (Å²) in [4.78, 5) is 15.0. The molecule has 1 amide bonds. The summed E-state index contributed by atoms with van der Waals surface area (Å²) in [6, 6.07) is 6.43. The fourth-order valence-electron chi connectivity index (χ4n) is 3.92. The normalized spacial score (nSPS) is 17.1. The number of likely N-dealkylation sites (tertiary alicyclic amines) is 1. The zero-order valence-corrected chi connectivity index (χ0v) is 16.2. The Kier molecular flexibility index (Phi) is 4.98. The first-order valence-electron chi connectivity index (χ1n) is 9.69. The molecule has 7 heteroatoms. The zero-order chi connectivity index (χ0) is 19.7. The first-order valence-corrected chi connectivity index (χ1v) is 9.69. The smallest absolute Gasteiger partial charge is 0.257 e. The molecule has 3 aromatic rings. The number of amides is 1. The molecule has 3 heterocycles. The third kappa shape index (κ3) is 3.44. The van der Waals surface area contributed by atoms with Crippen molar-refractivity contribution in [2.45, 2.75) is 39.2 Å². The maximum absolute atomic E-state index is 13.3. The second-order valence-corrected chi connectivity index (χ2v) is 7.28. The fourth-order valence-corrected chi connectivity index (χ4v) is 3.92. The summed E-state index contributed by atoms with van der Waals surface area (Å²) >= 11 is 0. The Morgan fingerprint density at radius 3 is 2.82 bits per heavy atom. The molecule has 1 atom stereocenters. The van der Waals surface area contributed by atoms with Gasteiger partial charge in [-0.25, -0.2) is 4.39 Å². The van der Waals surface area contributed by atoms with E-state index in [-0.39, 0.29) is 17.6 Å². The third-order valence-electron chi connectivity index (χ3n) is 5.44. The number of carbonyl (C=O) groups is 1. The highest BCUT2D eigenvalue weighted by Gasteiger charge is 2.29. The number of halogens is 1. The lowest BCUT2D eigenvalue weighted by Crippen LogP contribution is -2.39. The first kappa shape index (κ1) is 18.4. The van der Waals surface area contributed by atoms with Crippen LogP contribution in [0.15, 0.2) is 36.7 Å². The van der Waals surface area contributed by atoms with Gasteiger partial charge in [0.05, 0.1) is 17.5 Å². The summed E-state index contributed by atoms with van der Waals surface area (Å²) in [6.07, 6.45) is 5.52. The second-order valence-electron chi connectivity index (χ2n) is 7.28. The van der Waals surface area contributed by atoms with Crippen LogP contribution in [0.5, 0.6) is 0 Å². The Balaban J connectivity index is 1.56. The second kappa shape index (κ2) is 7.58. The number of aryl methyl sites for hydroxylation is 2. The quantitative estimate of drug-likeness (QED) is 0.748. The van der Waals surface area contributed by atoms with Crippen LogP contribution in [-0.2, 0) is 6.54 Å². The summed E-state index contributed by atoms with van der Waals surface area (Å²) in [5, 5.41) is 11.7. The average Bonchev–Trinajstić information content (AvgIpc) is 3.35. The van der Waals surface area contributed by atoms with Crippen LogP contribution in [0, 0.1) is 12.7 Å². The Morgan fingerprint density at radius 2 is 2.11 bits per heavy atom. The number of aromatic amines is 1. The number of nitrogens with zero attached hydrogens (tertiary/aromatic N) is 4. The summed E-state index contributed by atoms with van der Waals surface area (Å²) in [5.74, 6) is -0.0576. The maximum Gasteiger partial charge on any atom is 0.257 e. The molecule has 0 aliphatic carbocycles.